The largest absolute Gasteiger partial charge is 0.504 e. The molecule has 0 aliphatic carbocycles. The molecule has 0 atom stereocenters. The third-order valence-electron chi connectivity index (χ3n) is 2.24. The van der Waals surface area contributed by atoms with Crippen molar-refractivity contribution in [1.82, 2.24) is 0 Å². The van der Waals surface area contributed by atoms with Gasteiger partial charge in [-0.1, -0.05) is 15.9 Å². The van der Waals surface area contributed by atoms with E-state index in [-0.39, 0.29) is 5.75 Å². The molecule has 1 heterocycles. The van der Waals surface area contributed by atoms with Gasteiger partial charge in [0.1, 0.15) is 5.58 Å². The molecule has 0 fully saturated rings. The van der Waals surface area contributed by atoms with Gasteiger partial charge in [0.2, 0.25) is 0 Å². The Morgan fingerprint density at radius 3 is 2.94 bits per heavy atom. The molecule has 0 saturated heterocycles. The second kappa shape index (κ2) is 5.23. The van der Waals surface area contributed by atoms with Crippen molar-refractivity contribution in [1.29, 1.82) is 0 Å². The number of hydrogen-bond acceptors (Lipinski definition) is 4. The standard InChI is InChI=1S/C12H11BrO4/c13-4-1-5-16-11-7-10-8(6-9(11)14)2-3-12(15)17-10/h2-3,6-7,14H,1,4-5H2. The minimum absolute atomic E-state index is 0.0425. The first-order valence-electron chi connectivity index (χ1n) is 5.16. The first-order chi connectivity index (χ1) is 8.20. The Balaban J connectivity index is 2.36. The number of phenols is 1. The molecule has 0 bridgehead atoms. The molecule has 0 unspecified atom stereocenters. The van der Waals surface area contributed by atoms with Crippen molar-refractivity contribution in [3.05, 3.63) is 34.7 Å². The average Bonchev–Trinajstić information content (AvgIpc) is 2.31. The minimum Gasteiger partial charge on any atom is -0.504 e. The zero-order chi connectivity index (χ0) is 12.3. The van der Waals surface area contributed by atoms with Gasteiger partial charge in [0.05, 0.1) is 6.61 Å². The molecule has 0 radical (unpaired) electrons. The molecular formula is C12H11BrO4. The maximum atomic E-state index is 11.1. The Bertz CT molecular complexity index is 576. The summed E-state index contributed by atoms with van der Waals surface area (Å²) in [5.41, 5.74) is -0.0151. The predicted molar refractivity (Wildman–Crippen MR) is 68.1 cm³/mol. The van der Waals surface area contributed by atoms with Gasteiger partial charge in [-0.05, 0) is 18.6 Å². The van der Waals surface area contributed by atoms with Crippen molar-refractivity contribution < 1.29 is 14.3 Å². The van der Waals surface area contributed by atoms with E-state index in [0.29, 0.717) is 23.3 Å². The van der Waals surface area contributed by atoms with Crippen LogP contribution in [0.5, 0.6) is 11.5 Å². The van der Waals surface area contributed by atoms with Crippen molar-refractivity contribution in [3.63, 3.8) is 0 Å². The maximum Gasteiger partial charge on any atom is 0.336 e. The summed E-state index contributed by atoms with van der Waals surface area (Å²) in [4.78, 5) is 11.1. The molecular weight excluding hydrogens is 288 g/mol. The van der Waals surface area contributed by atoms with Crippen molar-refractivity contribution in [2.75, 3.05) is 11.9 Å². The SMILES string of the molecule is O=c1ccc2cc(O)c(OCCCBr)cc2o1. The lowest BCUT2D eigenvalue weighted by Gasteiger charge is -2.07. The lowest BCUT2D eigenvalue weighted by atomic mass is 10.2. The highest BCUT2D eigenvalue weighted by Gasteiger charge is 2.06. The summed E-state index contributed by atoms with van der Waals surface area (Å²) < 4.78 is 10.4. The first kappa shape index (κ1) is 12.0. The van der Waals surface area contributed by atoms with E-state index in [1.807, 2.05) is 0 Å². The van der Waals surface area contributed by atoms with Crippen molar-refractivity contribution in [2.45, 2.75) is 6.42 Å². The van der Waals surface area contributed by atoms with Gasteiger partial charge in [-0.25, -0.2) is 4.79 Å². The van der Waals surface area contributed by atoms with E-state index in [1.54, 1.807) is 6.07 Å². The zero-order valence-corrected chi connectivity index (χ0v) is 10.6. The fraction of sp³-hybridized carbons (Fsp3) is 0.250. The number of hydrogen-bond donors (Lipinski definition) is 1. The van der Waals surface area contributed by atoms with Crippen molar-refractivity contribution in [3.8, 4) is 11.5 Å². The molecule has 5 heteroatoms. The molecule has 90 valence electrons. The summed E-state index contributed by atoms with van der Waals surface area (Å²) in [5.74, 6) is 0.369. The lowest BCUT2D eigenvalue weighted by molar-refractivity contribution is 0.301. The highest BCUT2D eigenvalue weighted by atomic mass is 79.9. The van der Waals surface area contributed by atoms with Crippen LogP contribution in [0, 0.1) is 0 Å². The van der Waals surface area contributed by atoms with Crippen LogP contribution in [-0.2, 0) is 0 Å². The summed E-state index contributed by atoms with van der Waals surface area (Å²) in [6.45, 7) is 0.487. The average molecular weight is 299 g/mol. The van der Waals surface area contributed by atoms with Gasteiger partial charge in [0.15, 0.2) is 11.5 Å². The van der Waals surface area contributed by atoms with Crippen LogP contribution in [0.3, 0.4) is 0 Å². The van der Waals surface area contributed by atoms with Crippen LogP contribution in [0.2, 0.25) is 0 Å². The Morgan fingerprint density at radius 2 is 2.18 bits per heavy atom. The van der Waals surface area contributed by atoms with E-state index in [4.69, 9.17) is 9.15 Å². The number of ether oxygens (including phenoxy) is 1. The molecule has 1 aromatic carbocycles. The number of rotatable bonds is 4. The van der Waals surface area contributed by atoms with Crippen LogP contribution in [0.25, 0.3) is 11.0 Å². The fourth-order valence-corrected chi connectivity index (χ4v) is 1.67. The summed E-state index contributed by atoms with van der Waals surface area (Å²) >= 11 is 3.29. The molecule has 2 aromatic rings. The first-order valence-corrected chi connectivity index (χ1v) is 6.28. The number of alkyl halides is 1. The van der Waals surface area contributed by atoms with Crippen LogP contribution in [0.1, 0.15) is 6.42 Å². The van der Waals surface area contributed by atoms with E-state index in [9.17, 15) is 9.90 Å². The smallest absolute Gasteiger partial charge is 0.336 e. The normalized spacial score (nSPS) is 10.6. The Kier molecular flexibility index (Phi) is 3.68. The predicted octanol–water partition coefficient (Wildman–Crippen LogP) is 2.66. The minimum atomic E-state index is -0.422. The van der Waals surface area contributed by atoms with E-state index in [1.165, 1.54) is 18.2 Å². The van der Waals surface area contributed by atoms with Crippen molar-refractivity contribution >= 4 is 26.9 Å². The second-order valence-electron chi connectivity index (χ2n) is 3.50. The Hall–Kier alpha value is -1.49. The number of phenolic OH excluding ortho intramolecular Hbond substituents is 1. The third-order valence-corrected chi connectivity index (χ3v) is 2.80. The molecule has 17 heavy (non-hydrogen) atoms. The second-order valence-corrected chi connectivity index (χ2v) is 4.30. The van der Waals surface area contributed by atoms with E-state index < -0.39 is 5.63 Å². The van der Waals surface area contributed by atoms with Gasteiger partial charge in [-0.2, -0.15) is 0 Å². The van der Waals surface area contributed by atoms with E-state index in [0.717, 1.165) is 11.8 Å². The molecule has 0 aliphatic rings. The van der Waals surface area contributed by atoms with Gasteiger partial charge < -0.3 is 14.3 Å². The van der Waals surface area contributed by atoms with E-state index in [2.05, 4.69) is 15.9 Å². The molecule has 0 aliphatic heterocycles. The monoisotopic (exact) mass is 298 g/mol. The van der Waals surface area contributed by atoms with Gasteiger partial charge in [-0.3, -0.25) is 0 Å². The fourth-order valence-electron chi connectivity index (χ4n) is 1.44. The quantitative estimate of drug-likeness (QED) is 0.535. The van der Waals surface area contributed by atoms with Crippen LogP contribution in [0.4, 0.5) is 0 Å². The topological polar surface area (TPSA) is 59.7 Å². The Morgan fingerprint density at radius 1 is 1.35 bits per heavy atom. The van der Waals surface area contributed by atoms with Crippen LogP contribution in [0.15, 0.2) is 33.5 Å². The molecule has 2 rings (SSSR count). The van der Waals surface area contributed by atoms with Crippen molar-refractivity contribution in [2.24, 2.45) is 0 Å². The molecule has 1 N–H and O–H groups in total. The Labute approximate surface area is 106 Å². The summed E-state index contributed by atoms with van der Waals surface area (Å²) in [6.07, 6.45) is 0.830. The van der Waals surface area contributed by atoms with Crippen LogP contribution in [-0.4, -0.2) is 17.0 Å². The van der Waals surface area contributed by atoms with Gasteiger partial charge in [-0.15, -0.1) is 0 Å². The number of halogens is 1. The van der Waals surface area contributed by atoms with Crippen LogP contribution < -0.4 is 10.4 Å². The third kappa shape index (κ3) is 2.79. The molecule has 0 spiro atoms. The summed E-state index contributed by atoms with van der Waals surface area (Å²) in [5, 5.41) is 11.2. The van der Waals surface area contributed by atoms with Gasteiger partial charge in [0, 0.05) is 22.8 Å². The highest BCUT2D eigenvalue weighted by molar-refractivity contribution is 9.09. The number of fused-ring (bicyclic) bond motifs is 1. The molecule has 0 saturated carbocycles. The molecule has 0 amide bonds. The van der Waals surface area contributed by atoms with E-state index >= 15 is 0 Å². The zero-order valence-electron chi connectivity index (χ0n) is 8.98. The number of benzene rings is 1. The maximum absolute atomic E-state index is 11.1. The summed E-state index contributed by atoms with van der Waals surface area (Å²) in [6, 6.07) is 5.96. The van der Waals surface area contributed by atoms with Gasteiger partial charge >= 0.3 is 5.63 Å². The van der Waals surface area contributed by atoms with Gasteiger partial charge in [0.25, 0.3) is 0 Å². The number of aromatic hydroxyl groups is 1. The highest BCUT2D eigenvalue weighted by Crippen LogP contribution is 2.30. The molecule has 4 nitrogen and oxygen atoms in total. The summed E-state index contributed by atoms with van der Waals surface area (Å²) in [7, 11) is 0. The van der Waals surface area contributed by atoms with Crippen LogP contribution >= 0.6 is 15.9 Å². The molecule has 1 aromatic heterocycles. The lowest BCUT2D eigenvalue weighted by Crippen LogP contribution is -1.99.